The van der Waals surface area contributed by atoms with Gasteiger partial charge in [0.2, 0.25) is 5.91 Å². The molecule has 2 amide bonds. The van der Waals surface area contributed by atoms with E-state index < -0.39 is 0 Å². The molecule has 0 atom stereocenters. The summed E-state index contributed by atoms with van der Waals surface area (Å²) < 4.78 is 5.88. The van der Waals surface area contributed by atoms with Gasteiger partial charge in [0.15, 0.2) is 10.4 Å². The van der Waals surface area contributed by atoms with Gasteiger partial charge in [-0.3, -0.25) is 9.59 Å². The van der Waals surface area contributed by atoms with E-state index in [-0.39, 0.29) is 17.9 Å². The van der Waals surface area contributed by atoms with Crippen molar-refractivity contribution in [1.29, 1.82) is 0 Å². The van der Waals surface area contributed by atoms with Crippen molar-refractivity contribution in [2.24, 2.45) is 0 Å². The van der Waals surface area contributed by atoms with Crippen molar-refractivity contribution in [3.63, 3.8) is 0 Å². The number of benzene rings is 1. The van der Waals surface area contributed by atoms with E-state index in [1.807, 2.05) is 0 Å². The summed E-state index contributed by atoms with van der Waals surface area (Å²) in [7, 11) is 0. The summed E-state index contributed by atoms with van der Waals surface area (Å²) in [6.07, 6.45) is 2.77. The number of piperidine rings is 1. The standard InChI is InChI=1S/C20H23BrN2O3/c1-14-2-4-15(5-3-14)6-9-19(24)22-16-10-12-23(13-11-16)20(25)17-7-8-18(21)26-17/h2-5,7-8,16H,6,9-13H2,1H3,(H,22,24). The lowest BCUT2D eigenvalue weighted by atomic mass is 10.0. The second kappa shape index (κ2) is 8.54. The molecule has 1 fully saturated rings. The molecule has 0 bridgehead atoms. The summed E-state index contributed by atoms with van der Waals surface area (Å²) in [6.45, 7) is 3.30. The normalized spacial score (nSPS) is 15.1. The lowest BCUT2D eigenvalue weighted by Gasteiger charge is -2.31. The molecule has 138 valence electrons. The third kappa shape index (κ3) is 4.97. The molecule has 5 nitrogen and oxygen atoms in total. The quantitative estimate of drug-likeness (QED) is 0.804. The molecule has 1 aliphatic rings. The molecule has 3 rings (SSSR count). The first-order chi connectivity index (χ1) is 12.5. The molecule has 1 aliphatic heterocycles. The minimum absolute atomic E-state index is 0.0744. The lowest BCUT2D eigenvalue weighted by molar-refractivity contribution is -0.122. The minimum atomic E-state index is -0.0974. The first kappa shape index (κ1) is 18.7. The molecule has 0 unspecified atom stereocenters. The number of furan rings is 1. The maximum atomic E-state index is 12.3. The zero-order chi connectivity index (χ0) is 18.5. The van der Waals surface area contributed by atoms with Crippen molar-refractivity contribution in [1.82, 2.24) is 10.2 Å². The van der Waals surface area contributed by atoms with Crippen LogP contribution >= 0.6 is 15.9 Å². The van der Waals surface area contributed by atoms with E-state index in [2.05, 4.69) is 52.4 Å². The summed E-state index contributed by atoms with van der Waals surface area (Å²) in [5, 5.41) is 3.10. The number of aryl methyl sites for hydroxylation is 2. The topological polar surface area (TPSA) is 62.6 Å². The molecule has 0 spiro atoms. The first-order valence-corrected chi connectivity index (χ1v) is 9.70. The molecule has 0 radical (unpaired) electrons. The number of halogens is 1. The Morgan fingerprint density at radius 1 is 1.15 bits per heavy atom. The zero-order valence-electron chi connectivity index (χ0n) is 14.8. The van der Waals surface area contributed by atoms with Crippen molar-refractivity contribution in [2.75, 3.05) is 13.1 Å². The van der Waals surface area contributed by atoms with Crippen molar-refractivity contribution >= 4 is 27.7 Å². The third-order valence-electron chi connectivity index (χ3n) is 4.69. The Hall–Kier alpha value is -2.08. The van der Waals surface area contributed by atoms with Gasteiger partial charge in [-0.05, 0) is 59.8 Å². The number of rotatable bonds is 5. The smallest absolute Gasteiger partial charge is 0.289 e. The van der Waals surface area contributed by atoms with E-state index in [9.17, 15) is 9.59 Å². The Bertz CT molecular complexity index is 762. The van der Waals surface area contributed by atoms with Crippen LogP contribution in [-0.2, 0) is 11.2 Å². The number of carbonyl (C=O) groups is 2. The highest BCUT2D eigenvalue weighted by Crippen LogP contribution is 2.18. The Kier molecular flexibility index (Phi) is 6.14. The summed E-state index contributed by atoms with van der Waals surface area (Å²) in [4.78, 5) is 26.3. The molecule has 1 N–H and O–H groups in total. The van der Waals surface area contributed by atoms with E-state index in [0.717, 1.165) is 19.3 Å². The van der Waals surface area contributed by atoms with Crippen molar-refractivity contribution in [2.45, 2.75) is 38.6 Å². The number of hydrogen-bond acceptors (Lipinski definition) is 3. The van der Waals surface area contributed by atoms with Gasteiger partial charge < -0.3 is 14.6 Å². The number of nitrogens with zero attached hydrogens (tertiary/aromatic N) is 1. The minimum Gasteiger partial charge on any atom is -0.444 e. The molecule has 1 saturated heterocycles. The second-order valence-electron chi connectivity index (χ2n) is 6.72. The fraction of sp³-hybridized carbons (Fsp3) is 0.400. The Labute approximate surface area is 161 Å². The fourth-order valence-corrected chi connectivity index (χ4v) is 3.43. The highest BCUT2D eigenvalue weighted by Gasteiger charge is 2.26. The third-order valence-corrected chi connectivity index (χ3v) is 5.12. The SMILES string of the molecule is Cc1ccc(CCC(=O)NC2CCN(C(=O)c3ccc(Br)o3)CC2)cc1. The predicted octanol–water partition coefficient (Wildman–Crippen LogP) is 3.70. The van der Waals surface area contributed by atoms with Gasteiger partial charge >= 0.3 is 0 Å². The highest BCUT2D eigenvalue weighted by molar-refractivity contribution is 9.10. The molecule has 2 heterocycles. The molecular weight excluding hydrogens is 396 g/mol. The monoisotopic (exact) mass is 418 g/mol. The van der Waals surface area contributed by atoms with Crippen LogP contribution in [0.3, 0.4) is 0 Å². The highest BCUT2D eigenvalue weighted by atomic mass is 79.9. The van der Waals surface area contributed by atoms with E-state index in [1.165, 1.54) is 11.1 Å². The van der Waals surface area contributed by atoms with Crippen LogP contribution in [0.25, 0.3) is 0 Å². The molecule has 0 saturated carbocycles. The van der Waals surface area contributed by atoms with Crippen molar-refractivity contribution in [3.8, 4) is 0 Å². The number of hydrogen-bond donors (Lipinski definition) is 1. The maximum Gasteiger partial charge on any atom is 0.289 e. The van der Waals surface area contributed by atoms with Crippen LogP contribution in [-0.4, -0.2) is 35.8 Å². The molecule has 2 aromatic rings. The Morgan fingerprint density at radius 2 is 1.85 bits per heavy atom. The fourth-order valence-electron chi connectivity index (χ4n) is 3.12. The predicted molar refractivity (Wildman–Crippen MR) is 103 cm³/mol. The van der Waals surface area contributed by atoms with Gasteiger partial charge in [0.1, 0.15) is 0 Å². The number of amides is 2. The average Bonchev–Trinajstić information content (AvgIpc) is 3.08. The number of likely N-dealkylation sites (tertiary alicyclic amines) is 1. The molecule has 0 aliphatic carbocycles. The van der Waals surface area contributed by atoms with Crippen LogP contribution < -0.4 is 5.32 Å². The van der Waals surface area contributed by atoms with Gasteiger partial charge in [0, 0.05) is 25.6 Å². The molecule has 1 aromatic carbocycles. The molecule has 26 heavy (non-hydrogen) atoms. The van der Waals surface area contributed by atoms with Crippen LogP contribution in [0.5, 0.6) is 0 Å². The van der Waals surface area contributed by atoms with Crippen LogP contribution in [0, 0.1) is 6.92 Å². The lowest BCUT2D eigenvalue weighted by Crippen LogP contribution is -2.46. The van der Waals surface area contributed by atoms with Gasteiger partial charge in [-0.1, -0.05) is 29.8 Å². The van der Waals surface area contributed by atoms with Gasteiger partial charge in [0.25, 0.3) is 5.91 Å². The summed E-state index contributed by atoms with van der Waals surface area (Å²) in [5.74, 6) is 0.322. The van der Waals surface area contributed by atoms with Crippen molar-refractivity contribution in [3.05, 3.63) is 58.0 Å². The van der Waals surface area contributed by atoms with Gasteiger partial charge in [-0.2, -0.15) is 0 Å². The van der Waals surface area contributed by atoms with Crippen LogP contribution in [0.4, 0.5) is 0 Å². The number of carbonyl (C=O) groups excluding carboxylic acids is 2. The number of nitrogens with one attached hydrogen (secondary N) is 1. The van der Waals surface area contributed by atoms with E-state index in [4.69, 9.17) is 4.42 Å². The van der Waals surface area contributed by atoms with Crippen molar-refractivity contribution < 1.29 is 14.0 Å². The summed E-state index contributed by atoms with van der Waals surface area (Å²) in [5.41, 5.74) is 2.40. The van der Waals surface area contributed by atoms with Crippen LogP contribution in [0.15, 0.2) is 45.5 Å². The van der Waals surface area contributed by atoms with Crippen LogP contribution in [0.1, 0.15) is 40.9 Å². The van der Waals surface area contributed by atoms with Gasteiger partial charge in [-0.15, -0.1) is 0 Å². The average molecular weight is 419 g/mol. The Morgan fingerprint density at radius 3 is 2.46 bits per heavy atom. The molecule has 6 heteroatoms. The molecular formula is C20H23BrN2O3. The van der Waals surface area contributed by atoms with E-state index in [1.54, 1.807) is 17.0 Å². The zero-order valence-corrected chi connectivity index (χ0v) is 16.4. The summed E-state index contributed by atoms with van der Waals surface area (Å²) in [6, 6.07) is 11.8. The Balaban J connectivity index is 1.41. The van der Waals surface area contributed by atoms with Gasteiger partial charge in [0.05, 0.1) is 0 Å². The van der Waals surface area contributed by atoms with E-state index >= 15 is 0 Å². The van der Waals surface area contributed by atoms with Crippen LogP contribution in [0.2, 0.25) is 0 Å². The van der Waals surface area contributed by atoms with Gasteiger partial charge in [-0.25, -0.2) is 0 Å². The molecule has 1 aromatic heterocycles. The van der Waals surface area contributed by atoms with E-state index in [0.29, 0.717) is 29.9 Å². The summed E-state index contributed by atoms with van der Waals surface area (Å²) >= 11 is 3.21. The first-order valence-electron chi connectivity index (χ1n) is 8.91. The largest absolute Gasteiger partial charge is 0.444 e. The second-order valence-corrected chi connectivity index (χ2v) is 7.50. The maximum absolute atomic E-state index is 12.3.